The lowest BCUT2D eigenvalue weighted by molar-refractivity contribution is -0.114. The van der Waals surface area contributed by atoms with E-state index in [0.717, 1.165) is 5.56 Å². The van der Waals surface area contributed by atoms with E-state index in [4.69, 9.17) is 0 Å². The van der Waals surface area contributed by atoms with Crippen LogP contribution in [0.2, 0.25) is 0 Å². The van der Waals surface area contributed by atoms with Crippen LogP contribution in [0.15, 0.2) is 34.9 Å². The summed E-state index contributed by atoms with van der Waals surface area (Å²) in [4.78, 5) is 12.6. The Bertz CT molecular complexity index is 1040. The molecular weight excluding hydrogens is 391 g/mol. The Hall–Kier alpha value is -3.03. The smallest absolute Gasteiger partial charge is 0.267 e. The summed E-state index contributed by atoms with van der Waals surface area (Å²) in [6.07, 6.45) is 1.44. The number of anilines is 1. The van der Waals surface area contributed by atoms with Gasteiger partial charge in [0.2, 0.25) is 5.82 Å². The van der Waals surface area contributed by atoms with Gasteiger partial charge in [-0.3, -0.25) is 4.79 Å². The zero-order valence-electron chi connectivity index (χ0n) is 16.1. The third-order valence-electron chi connectivity index (χ3n) is 4.55. The number of amides is 1. The normalized spacial score (nSPS) is 16.0. The third kappa shape index (κ3) is 3.54. The number of hydrogen-bond donors (Lipinski definition) is 0. The fourth-order valence-corrected chi connectivity index (χ4v) is 2.86. The van der Waals surface area contributed by atoms with Crippen LogP contribution in [0.1, 0.15) is 38.8 Å². The maximum absolute atomic E-state index is 14.1. The van der Waals surface area contributed by atoms with E-state index in [1.807, 2.05) is 32.9 Å². The summed E-state index contributed by atoms with van der Waals surface area (Å²) in [7, 11) is 0. The van der Waals surface area contributed by atoms with E-state index in [0.29, 0.717) is 5.56 Å². The molecule has 29 heavy (non-hydrogen) atoms. The predicted molar refractivity (Wildman–Crippen MR) is 99.9 cm³/mol. The molecule has 0 fully saturated rings. The maximum Gasteiger partial charge on any atom is 0.280 e. The largest absolute Gasteiger partial charge is 0.280 e. The minimum Gasteiger partial charge on any atom is -0.267 e. The summed E-state index contributed by atoms with van der Waals surface area (Å²) in [5.74, 6) is -11.8. The van der Waals surface area contributed by atoms with E-state index in [-0.39, 0.29) is 21.7 Å². The molecule has 1 aliphatic rings. The van der Waals surface area contributed by atoms with Crippen molar-refractivity contribution in [2.45, 2.75) is 33.1 Å². The number of hydrazone groups is 1. The molecule has 0 atom stereocenters. The van der Waals surface area contributed by atoms with Crippen molar-refractivity contribution in [3.05, 3.63) is 70.1 Å². The minimum absolute atomic E-state index is 0.0162. The summed E-state index contributed by atoms with van der Waals surface area (Å²) < 4.78 is 68.4. The zero-order valence-corrected chi connectivity index (χ0v) is 16.1. The van der Waals surface area contributed by atoms with Crippen molar-refractivity contribution in [2.75, 3.05) is 5.01 Å². The molecule has 0 N–H and O–H groups in total. The topological polar surface area (TPSA) is 32.7 Å². The van der Waals surface area contributed by atoms with Crippen LogP contribution in [-0.4, -0.2) is 11.6 Å². The number of halogens is 5. The third-order valence-corrected chi connectivity index (χ3v) is 4.55. The number of carbonyl (C=O) groups is 1. The van der Waals surface area contributed by atoms with Crippen molar-refractivity contribution in [2.24, 2.45) is 5.10 Å². The van der Waals surface area contributed by atoms with Crippen molar-refractivity contribution < 1.29 is 26.7 Å². The quantitative estimate of drug-likeness (QED) is 0.280. The standard InChI is InChI=1S/C21H17F5N2O/c1-10-13(9-11-5-7-12(8-6-11)21(2,3)4)20(29)28(27-10)19-17(25)15(23)14(22)16(24)18(19)26/h5-9H,1-4H3/b13-9+. The highest BCUT2D eigenvalue weighted by Crippen LogP contribution is 2.34. The molecule has 1 amide bonds. The van der Waals surface area contributed by atoms with Gasteiger partial charge >= 0.3 is 0 Å². The molecule has 0 aliphatic carbocycles. The van der Waals surface area contributed by atoms with Gasteiger partial charge in [-0.15, -0.1) is 0 Å². The lowest BCUT2D eigenvalue weighted by atomic mass is 9.86. The maximum atomic E-state index is 14.1. The van der Waals surface area contributed by atoms with E-state index in [1.54, 1.807) is 12.1 Å². The SMILES string of the molecule is CC1=NN(c2c(F)c(F)c(F)c(F)c2F)C(=O)/C1=C/c1ccc(C(C)(C)C)cc1. The fraction of sp³-hybridized carbons (Fsp3) is 0.238. The van der Waals surface area contributed by atoms with Crippen molar-refractivity contribution in [1.29, 1.82) is 0 Å². The van der Waals surface area contributed by atoms with Crippen LogP contribution in [0, 0.1) is 29.1 Å². The Morgan fingerprint density at radius 2 is 1.34 bits per heavy atom. The van der Waals surface area contributed by atoms with Gasteiger partial charge in [-0.2, -0.15) is 10.1 Å². The van der Waals surface area contributed by atoms with Gasteiger partial charge in [0, 0.05) is 0 Å². The summed E-state index contributed by atoms with van der Waals surface area (Å²) >= 11 is 0. The van der Waals surface area contributed by atoms with Crippen molar-refractivity contribution >= 4 is 23.4 Å². The molecule has 3 nitrogen and oxygen atoms in total. The Balaban J connectivity index is 2.02. The second-order valence-corrected chi connectivity index (χ2v) is 7.65. The first-order valence-electron chi connectivity index (χ1n) is 8.67. The van der Waals surface area contributed by atoms with Crippen molar-refractivity contribution in [3.63, 3.8) is 0 Å². The molecule has 2 aromatic rings. The summed E-state index contributed by atoms with van der Waals surface area (Å²) in [5.41, 5.74) is 0.268. The average Bonchev–Trinajstić information content (AvgIpc) is 2.93. The lowest BCUT2D eigenvalue weighted by Gasteiger charge is -2.18. The highest BCUT2D eigenvalue weighted by molar-refractivity contribution is 6.32. The van der Waals surface area contributed by atoms with Gasteiger partial charge in [-0.25, -0.2) is 22.0 Å². The van der Waals surface area contributed by atoms with Crippen LogP contribution in [0.25, 0.3) is 6.08 Å². The average molecular weight is 408 g/mol. The summed E-state index contributed by atoms with van der Waals surface area (Å²) in [5, 5.41) is 3.90. The minimum atomic E-state index is -2.30. The number of nitrogens with zero attached hydrogens (tertiary/aromatic N) is 2. The first kappa shape index (κ1) is 20.7. The Morgan fingerprint density at radius 1 is 0.862 bits per heavy atom. The van der Waals surface area contributed by atoms with Crippen LogP contribution in [0.3, 0.4) is 0 Å². The monoisotopic (exact) mass is 408 g/mol. The molecule has 0 saturated heterocycles. The molecule has 0 spiro atoms. The highest BCUT2D eigenvalue weighted by Gasteiger charge is 2.37. The molecule has 152 valence electrons. The molecule has 0 aromatic heterocycles. The van der Waals surface area contributed by atoms with E-state index in [9.17, 15) is 26.7 Å². The lowest BCUT2D eigenvalue weighted by Crippen LogP contribution is -2.25. The zero-order chi connectivity index (χ0) is 21.7. The fourth-order valence-electron chi connectivity index (χ4n) is 2.86. The molecule has 0 saturated carbocycles. The molecular formula is C21H17F5N2O. The van der Waals surface area contributed by atoms with Crippen molar-refractivity contribution in [1.82, 2.24) is 0 Å². The molecule has 3 rings (SSSR count). The summed E-state index contributed by atoms with van der Waals surface area (Å²) in [6.45, 7) is 7.53. The number of rotatable bonds is 2. The van der Waals surface area contributed by atoms with Crippen LogP contribution in [0.5, 0.6) is 0 Å². The van der Waals surface area contributed by atoms with E-state index in [2.05, 4.69) is 5.10 Å². The Labute approximate surface area is 164 Å². The Kier molecular flexibility index (Phi) is 5.06. The van der Waals surface area contributed by atoms with Crippen LogP contribution in [0.4, 0.5) is 27.6 Å². The predicted octanol–water partition coefficient (Wildman–Crippen LogP) is 5.49. The molecule has 0 radical (unpaired) electrons. The number of carbonyl (C=O) groups excluding carboxylic acids is 1. The highest BCUT2D eigenvalue weighted by atomic mass is 19.2. The molecule has 0 bridgehead atoms. The van der Waals surface area contributed by atoms with Gasteiger partial charge in [-0.05, 0) is 29.5 Å². The van der Waals surface area contributed by atoms with E-state index < -0.39 is 40.7 Å². The molecule has 2 aromatic carbocycles. The first-order chi connectivity index (χ1) is 13.4. The summed E-state index contributed by atoms with van der Waals surface area (Å²) in [6, 6.07) is 7.27. The number of hydrogen-bond acceptors (Lipinski definition) is 2. The van der Waals surface area contributed by atoms with E-state index in [1.165, 1.54) is 13.0 Å². The molecule has 8 heteroatoms. The van der Waals surface area contributed by atoms with Crippen LogP contribution >= 0.6 is 0 Å². The van der Waals surface area contributed by atoms with Gasteiger partial charge < -0.3 is 0 Å². The second kappa shape index (κ2) is 7.09. The van der Waals surface area contributed by atoms with Crippen LogP contribution in [-0.2, 0) is 10.2 Å². The van der Waals surface area contributed by atoms with Crippen molar-refractivity contribution in [3.8, 4) is 0 Å². The van der Waals surface area contributed by atoms with Crippen LogP contribution < -0.4 is 5.01 Å². The first-order valence-corrected chi connectivity index (χ1v) is 8.67. The van der Waals surface area contributed by atoms with Gasteiger partial charge in [0.1, 0.15) is 5.69 Å². The molecule has 1 heterocycles. The van der Waals surface area contributed by atoms with Gasteiger partial charge in [0.25, 0.3) is 5.91 Å². The van der Waals surface area contributed by atoms with Gasteiger partial charge in [-0.1, -0.05) is 45.0 Å². The van der Waals surface area contributed by atoms with Gasteiger partial charge in [0.15, 0.2) is 23.3 Å². The van der Waals surface area contributed by atoms with E-state index >= 15 is 0 Å². The Morgan fingerprint density at radius 3 is 1.83 bits per heavy atom. The molecule has 1 aliphatic heterocycles. The second-order valence-electron chi connectivity index (χ2n) is 7.65. The van der Waals surface area contributed by atoms with Gasteiger partial charge in [0.05, 0.1) is 11.3 Å². The molecule has 0 unspecified atom stereocenters. The number of benzene rings is 2.